The maximum absolute atomic E-state index is 6.43. The predicted molar refractivity (Wildman–Crippen MR) is 175 cm³/mol. The van der Waals surface area contributed by atoms with Crippen LogP contribution in [0.1, 0.15) is 88.2 Å². The average Bonchev–Trinajstić information content (AvgIpc) is 3.00. The summed E-state index contributed by atoms with van der Waals surface area (Å²) < 4.78 is 0. The lowest BCUT2D eigenvalue weighted by molar-refractivity contribution is 0.226. The predicted octanol–water partition coefficient (Wildman–Crippen LogP) is 7.75. The van der Waals surface area contributed by atoms with Crippen LogP contribution in [0.25, 0.3) is 0 Å². The van der Waals surface area contributed by atoms with E-state index in [2.05, 4.69) is 20.4 Å². The summed E-state index contributed by atoms with van der Waals surface area (Å²) in [5, 5.41) is 10.3. The molecule has 10 heteroatoms. The van der Waals surface area contributed by atoms with Gasteiger partial charge >= 0.3 is 0 Å². The molecule has 0 atom stereocenters. The molecule has 0 spiro atoms. The van der Waals surface area contributed by atoms with E-state index in [0.29, 0.717) is 10.0 Å². The SMILES string of the molecule is Clc1cc(CSC2=NCN(CCC3CCCCC3)CN2)c(CSC2=NCN(CCC3CCCCC3)CN2)cc1Cl. The van der Waals surface area contributed by atoms with Crippen molar-refractivity contribution in [2.75, 3.05) is 39.8 Å². The Hall–Kier alpha value is -0.640. The molecule has 2 fully saturated rings. The highest BCUT2D eigenvalue weighted by Gasteiger charge is 2.20. The minimum absolute atomic E-state index is 0.611. The van der Waals surface area contributed by atoms with Crippen LogP contribution in [0.2, 0.25) is 10.0 Å². The van der Waals surface area contributed by atoms with E-state index in [1.54, 1.807) is 23.5 Å². The number of halogens is 2. The molecule has 6 nitrogen and oxygen atoms in total. The minimum atomic E-state index is 0.611. The first kappa shape index (κ1) is 30.8. The molecule has 2 aliphatic heterocycles. The van der Waals surface area contributed by atoms with Crippen LogP contribution in [0, 0.1) is 11.8 Å². The summed E-state index contributed by atoms with van der Waals surface area (Å²) >= 11 is 16.4. The lowest BCUT2D eigenvalue weighted by atomic mass is 9.87. The van der Waals surface area contributed by atoms with E-state index >= 15 is 0 Å². The molecule has 0 unspecified atom stereocenters. The van der Waals surface area contributed by atoms with Crippen LogP contribution >= 0.6 is 46.7 Å². The molecule has 0 radical (unpaired) electrons. The van der Waals surface area contributed by atoms with Crippen molar-refractivity contribution in [3.8, 4) is 0 Å². The first-order valence-electron chi connectivity index (χ1n) is 15.4. The van der Waals surface area contributed by atoms with E-state index in [-0.39, 0.29) is 0 Å². The summed E-state index contributed by atoms with van der Waals surface area (Å²) in [6.07, 6.45) is 16.8. The number of thioether (sulfide) groups is 2. The summed E-state index contributed by atoms with van der Waals surface area (Å²) in [5.74, 6) is 3.46. The van der Waals surface area contributed by atoms with Crippen LogP contribution in [0.5, 0.6) is 0 Å². The first-order chi connectivity index (χ1) is 19.6. The molecule has 40 heavy (non-hydrogen) atoms. The number of hydrogen-bond acceptors (Lipinski definition) is 8. The van der Waals surface area contributed by atoms with Gasteiger partial charge in [-0.25, -0.2) is 9.98 Å². The summed E-state index contributed by atoms with van der Waals surface area (Å²) in [7, 11) is 0. The standard InChI is InChI=1S/C30H46Cl2N6S2/c31-27-15-25(17-39-29-33-19-37(20-34-29)13-11-23-7-3-1-4-8-23)26(16-28(27)32)18-40-30-35-21-38(22-36-30)14-12-24-9-5-2-6-10-24/h15-16,23-24H,1-14,17-22H2,(H,33,34)(H,35,36). The van der Waals surface area contributed by atoms with Gasteiger partial charge < -0.3 is 10.6 Å². The molecule has 4 aliphatic rings. The Kier molecular flexibility index (Phi) is 12.5. The van der Waals surface area contributed by atoms with Crippen molar-refractivity contribution in [3.63, 3.8) is 0 Å². The van der Waals surface area contributed by atoms with Gasteiger partial charge in [-0.2, -0.15) is 0 Å². The second-order valence-corrected chi connectivity index (χ2v) is 14.6. The Morgan fingerprint density at radius 3 is 1.48 bits per heavy atom. The maximum Gasteiger partial charge on any atom is 0.159 e. The first-order valence-corrected chi connectivity index (χ1v) is 18.1. The van der Waals surface area contributed by atoms with Crippen LogP contribution in [-0.2, 0) is 11.5 Å². The fourth-order valence-electron chi connectivity index (χ4n) is 6.26. The molecule has 5 rings (SSSR count). The fraction of sp³-hybridized carbons (Fsp3) is 0.733. The minimum Gasteiger partial charge on any atom is -0.352 e. The van der Waals surface area contributed by atoms with Gasteiger partial charge in [-0.3, -0.25) is 9.80 Å². The topological polar surface area (TPSA) is 55.3 Å². The van der Waals surface area contributed by atoms with E-state index < -0.39 is 0 Å². The lowest BCUT2D eigenvalue weighted by Crippen LogP contribution is -2.42. The van der Waals surface area contributed by atoms with Crippen LogP contribution in [0.3, 0.4) is 0 Å². The van der Waals surface area contributed by atoms with Crippen molar-refractivity contribution < 1.29 is 0 Å². The van der Waals surface area contributed by atoms with Crippen molar-refractivity contribution >= 4 is 57.1 Å². The Balaban J connectivity index is 1.06. The molecule has 0 saturated heterocycles. The summed E-state index contributed by atoms with van der Waals surface area (Å²) in [6.45, 7) is 5.62. The number of nitrogens with one attached hydrogen (secondary N) is 2. The lowest BCUT2D eigenvalue weighted by Gasteiger charge is -2.29. The Labute approximate surface area is 259 Å². The zero-order chi connectivity index (χ0) is 27.6. The molecule has 1 aromatic rings. The number of nitrogens with zero attached hydrogens (tertiary/aromatic N) is 4. The zero-order valence-electron chi connectivity index (χ0n) is 23.8. The van der Waals surface area contributed by atoms with E-state index in [9.17, 15) is 0 Å². The summed E-state index contributed by atoms with van der Waals surface area (Å²) in [4.78, 5) is 14.5. The molecular formula is C30H46Cl2N6S2. The highest BCUT2D eigenvalue weighted by Crippen LogP contribution is 2.32. The van der Waals surface area contributed by atoms with Crippen molar-refractivity contribution in [2.24, 2.45) is 21.8 Å². The van der Waals surface area contributed by atoms with Crippen molar-refractivity contribution in [1.82, 2.24) is 20.4 Å². The van der Waals surface area contributed by atoms with Crippen molar-refractivity contribution in [2.45, 2.75) is 88.6 Å². The maximum atomic E-state index is 6.43. The molecule has 0 amide bonds. The Bertz CT molecular complexity index is 931. The van der Waals surface area contributed by atoms with Gasteiger partial charge in [0.15, 0.2) is 10.3 Å². The smallest absolute Gasteiger partial charge is 0.159 e. The molecular weight excluding hydrogens is 579 g/mol. The van der Waals surface area contributed by atoms with Gasteiger partial charge in [0.1, 0.15) is 0 Å². The van der Waals surface area contributed by atoms with Gasteiger partial charge in [0.25, 0.3) is 0 Å². The third-order valence-corrected chi connectivity index (χ3v) is 11.6. The van der Waals surface area contributed by atoms with Gasteiger partial charge in [0.2, 0.25) is 0 Å². The zero-order valence-corrected chi connectivity index (χ0v) is 27.0. The molecule has 2 N–H and O–H groups in total. The van der Waals surface area contributed by atoms with Crippen LogP contribution < -0.4 is 10.6 Å². The second kappa shape index (κ2) is 16.3. The Morgan fingerprint density at radius 1 is 0.675 bits per heavy atom. The van der Waals surface area contributed by atoms with Gasteiger partial charge in [-0.05, 0) is 47.9 Å². The number of hydrogen-bond donors (Lipinski definition) is 2. The highest BCUT2D eigenvalue weighted by molar-refractivity contribution is 8.13. The third-order valence-electron chi connectivity index (χ3n) is 8.86. The number of benzene rings is 1. The van der Waals surface area contributed by atoms with Crippen molar-refractivity contribution in [3.05, 3.63) is 33.3 Å². The summed E-state index contributed by atoms with van der Waals surface area (Å²) in [5.41, 5.74) is 2.42. The quantitative estimate of drug-likeness (QED) is 0.277. The van der Waals surface area contributed by atoms with Crippen LogP contribution in [0.4, 0.5) is 0 Å². The monoisotopic (exact) mass is 624 g/mol. The number of aliphatic imine (C=N–C) groups is 2. The normalized spacial score (nSPS) is 21.9. The molecule has 2 aliphatic carbocycles. The number of amidine groups is 2. The molecule has 2 saturated carbocycles. The second-order valence-electron chi connectivity index (χ2n) is 11.9. The fourth-order valence-corrected chi connectivity index (χ4v) is 8.39. The van der Waals surface area contributed by atoms with E-state index in [4.69, 9.17) is 33.2 Å². The molecule has 0 aromatic heterocycles. The highest BCUT2D eigenvalue weighted by atomic mass is 35.5. The van der Waals surface area contributed by atoms with E-state index in [1.807, 2.05) is 12.1 Å². The largest absolute Gasteiger partial charge is 0.352 e. The van der Waals surface area contributed by atoms with Gasteiger partial charge in [0, 0.05) is 24.6 Å². The molecule has 222 valence electrons. The van der Waals surface area contributed by atoms with E-state index in [0.717, 1.165) is 73.4 Å². The van der Waals surface area contributed by atoms with Crippen LogP contribution in [0.15, 0.2) is 22.1 Å². The third kappa shape index (κ3) is 9.70. The average molecular weight is 626 g/mol. The summed E-state index contributed by atoms with van der Waals surface area (Å²) in [6, 6.07) is 4.05. The van der Waals surface area contributed by atoms with E-state index in [1.165, 1.54) is 88.2 Å². The molecule has 0 bridgehead atoms. The number of rotatable bonds is 10. The molecule has 1 aromatic carbocycles. The molecule has 2 heterocycles. The Morgan fingerprint density at radius 2 is 1.10 bits per heavy atom. The van der Waals surface area contributed by atoms with Gasteiger partial charge in [-0.15, -0.1) is 0 Å². The van der Waals surface area contributed by atoms with Crippen LogP contribution in [-0.4, -0.2) is 59.9 Å². The van der Waals surface area contributed by atoms with Gasteiger partial charge in [-0.1, -0.05) is 111 Å². The van der Waals surface area contributed by atoms with Crippen molar-refractivity contribution in [1.29, 1.82) is 0 Å². The van der Waals surface area contributed by atoms with Gasteiger partial charge in [0.05, 0.1) is 36.7 Å².